The molecule has 0 fully saturated rings. The Morgan fingerprint density at radius 3 is 2.64 bits per heavy atom. The van der Waals surface area contributed by atoms with Gasteiger partial charge in [-0.3, -0.25) is 0 Å². The molecule has 0 aliphatic heterocycles. The van der Waals surface area contributed by atoms with E-state index < -0.39 is 0 Å². The first-order valence-corrected chi connectivity index (χ1v) is 5.25. The summed E-state index contributed by atoms with van der Waals surface area (Å²) >= 11 is 0. The summed E-state index contributed by atoms with van der Waals surface area (Å²) in [6.07, 6.45) is 7.04. The van der Waals surface area contributed by atoms with Crippen LogP contribution in [0, 0.1) is 5.92 Å². The molecule has 0 amide bonds. The Bertz CT molecular complexity index is 302. The minimum absolute atomic E-state index is 0.140. The number of aryl methyl sites for hydroxylation is 1. The molecule has 0 heterocycles. The molecule has 0 unspecified atom stereocenters. The van der Waals surface area contributed by atoms with Gasteiger partial charge in [-0.2, -0.15) is 0 Å². The number of hydrogen-bond donors (Lipinski definition) is 1. The largest absolute Gasteiger partial charge is 0.392 e. The number of rotatable bonds is 3. The van der Waals surface area contributed by atoms with Crippen molar-refractivity contribution >= 4 is 0 Å². The van der Waals surface area contributed by atoms with E-state index in [4.69, 9.17) is 0 Å². The highest BCUT2D eigenvalue weighted by Gasteiger charge is 2.19. The van der Waals surface area contributed by atoms with Crippen molar-refractivity contribution in [3.05, 3.63) is 48.0 Å². The van der Waals surface area contributed by atoms with E-state index in [0.29, 0.717) is 5.92 Å². The first kappa shape index (κ1) is 9.47. The lowest BCUT2D eigenvalue weighted by Crippen LogP contribution is -2.13. The lowest BCUT2D eigenvalue weighted by Gasteiger charge is -2.13. The number of hydrogen-bond acceptors (Lipinski definition) is 1. The molecular weight excluding hydrogens is 172 g/mol. The van der Waals surface area contributed by atoms with Crippen LogP contribution in [0.4, 0.5) is 0 Å². The molecule has 1 aromatic rings. The number of benzene rings is 1. The van der Waals surface area contributed by atoms with Crippen LogP contribution in [0.1, 0.15) is 18.4 Å². The summed E-state index contributed by atoms with van der Waals surface area (Å²) in [4.78, 5) is 0. The summed E-state index contributed by atoms with van der Waals surface area (Å²) in [7, 11) is 0. The van der Waals surface area contributed by atoms with Gasteiger partial charge in [-0.25, -0.2) is 0 Å². The highest BCUT2D eigenvalue weighted by molar-refractivity contribution is 5.15. The van der Waals surface area contributed by atoms with Crippen LogP contribution >= 0.6 is 0 Å². The Labute approximate surface area is 85.1 Å². The molecule has 1 heteroatoms. The molecule has 0 radical (unpaired) electrons. The SMILES string of the molecule is O[C@@H]1CC=C[C@@H]1CCc1ccccc1. The fraction of sp³-hybridized carbons (Fsp3) is 0.385. The third-order valence-electron chi connectivity index (χ3n) is 2.86. The third kappa shape index (κ3) is 2.24. The molecule has 0 bridgehead atoms. The van der Waals surface area contributed by atoms with E-state index in [1.807, 2.05) is 6.07 Å². The van der Waals surface area contributed by atoms with E-state index in [0.717, 1.165) is 19.3 Å². The van der Waals surface area contributed by atoms with Gasteiger partial charge in [0.1, 0.15) is 0 Å². The van der Waals surface area contributed by atoms with Crippen molar-refractivity contribution in [1.82, 2.24) is 0 Å². The van der Waals surface area contributed by atoms with Crippen molar-refractivity contribution < 1.29 is 5.11 Å². The highest BCUT2D eigenvalue weighted by atomic mass is 16.3. The second-order valence-corrected chi connectivity index (χ2v) is 3.92. The van der Waals surface area contributed by atoms with Crippen LogP contribution in [-0.4, -0.2) is 11.2 Å². The molecule has 1 nitrogen and oxygen atoms in total. The Morgan fingerprint density at radius 1 is 1.21 bits per heavy atom. The second kappa shape index (κ2) is 4.43. The molecular formula is C13H16O. The molecule has 0 saturated carbocycles. The van der Waals surface area contributed by atoms with Gasteiger partial charge in [0, 0.05) is 5.92 Å². The molecule has 2 atom stereocenters. The van der Waals surface area contributed by atoms with E-state index in [-0.39, 0.29) is 6.10 Å². The summed E-state index contributed by atoms with van der Waals surface area (Å²) in [5.74, 6) is 0.371. The van der Waals surface area contributed by atoms with Gasteiger partial charge in [-0.1, -0.05) is 42.5 Å². The standard InChI is InChI=1S/C13H16O/c14-13-8-4-7-12(13)10-9-11-5-2-1-3-6-11/h1-7,12-14H,8-10H2/t12-,13-/m1/s1. The molecule has 74 valence electrons. The quantitative estimate of drug-likeness (QED) is 0.723. The predicted octanol–water partition coefficient (Wildman–Crippen LogP) is 2.56. The molecule has 1 aliphatic carbocycles. The van der Waals surface area contributed by atoms with Crippen LogP contribution in [0.25, 0.3) is 0 Å². The first-order chi connectivity index (χ1) is 6.86. The normalized spacial score (nSPS) is 25.5. The molecule has 0 spiro atoms. The lowest BCUT2D eigenvalue weighted by atomic mass is 9.97. The number of aliphatic hydroxyl groups is 1. The minimum Gasteiger partial charge on any atom is -0.392 e. The Balaban J connectivity index is 1.86. The molecule has 0 saturated heterocycles. The van der Waals surface area contributed by atoms with Crippen LogP contribution in [-0.2, 0) is 6.42 Å². The van der Waals surface area contributed by atoms with E-state index in [1.54, 1.807) is 0 Å². The van der Waals surface area contributed by atoms with Gasteiger partial charge in [0.15, 0.2) is 0 Å². The molecule has 1 aromatic carbocycles. The summed E-state index contributed by atoms with van der Waals surface area (Å²) in [5.41, 5.74) is 1.36. The Hall–Kier alpha value is -1.08. The topological polar surface area (TPSA) is 20.2 Å². The smallest absolute Gasteiger partial charge is 0.0637 e. The van der Waals surface area contributed by atoms with Crippen molar-refractivity contribution in [1.29, 1.82) is 0 Å². The van der Waals surface area contributed by atoms with Gasteiger partial charge in [0.25, 0.3) is 0 Å². The number of aliphatic hydroxyl groups excluding tert-OH is 1. The third-order valence-corrected chi connectivity index (χ3v) is 2.86. The maximum atomic E-state index is 9.60. The average molecular weight is 188 g/mol. The minimum atomic E-state index is -0.140. The van der Waals surface area contributed by atoms with Crippen LogP contribution in [0.5, 0.6) is 0 Å². The van der Waals surface area contributed by atoms with Gasteiger partial charge in [0.2, 0.25) is 0 Å². The fourth-order valence-electron chi connectivity index (χ4n) is 1.96. The second-order valence-electron chi connectivity index (χ2n) is 3.92. The van der Waals surface area contributed by atoms with E-state index >= 15 is 0 Å². The zero-order valence-electron chi connectivity index (χ0n) is 8.26. The molecule has 1 N–H and O–H groups in total. The molecule has 1 aliphatic rings. The van der Waals surface area contributed by atoms with E-state index in [2.05, 4.69) is 36.4 Å². The first-order valence-electron chi connectivity index (χ1n) is 5.25. The van der Waals surface area contributed by atoms with Crippen LogP contribution in [0.3, 0.4) is 0 Å². The van der Waals surface area contributed by atoms with Gasteiger partial charge in [-0.15, -0.1) is 0 Å². The monoisotopic (exact) mass is 188 g/mol. The summed E-state index contributed by atoms with van der Waals surface area (Å²) in [6.45, 7) is 0. The maximum absolute atomic E-state index is 9.60. The maximum Gasteiger partial charge on any atom is 0.0637 e. The van der Waals surface area contributed by atoms with Crippen molar-refractivity contribution in [2.75, 3.05) is 0 Å². The van der Waals surface area contributed by atoms with Crippen molar-refractivity contribution in [2.45, 2.75) is 25.4 Å². The zero-order valence-corrected chi connectivity index (χ0v) is 8.26. The molecule has 14 heavy (non-hydrogen) atoms. The summed E-state index contributed by atoms with van der Waals surface area (Å²) in [5, 5.41) is 9.60. The zero-order chi connectivity index (χ0) is 9.80. The Morgan fingerprint density at radius 2 is 2.00 bits per heavy atom. The van der Waals surface area contributed by atoms with Crippen molar-refractivity contribution in [3.63, 3.8) is 0 Å². The van der Waals surface area contributed by atoms with E-state index in [1.165, 1.54) is 5.56 Å². The average Bonchev–Trinajstić information content (AvgIpc) is 2.63. The van der Waals surface area contributed by atoms with Gasteiger partial charge >= 0.3 is 0 Å². The van der Waals surface area contributed by atoms with Gasteiger partial charge in [-0.05, 0) is 24.8 Å². The van der Waals surface area contributed by atoms with E-state index in [9.17, 15) is 5.11 Å². The van der Waals surface area contributed by atoms with Gasteiger partial charge in [0.05, 0.1) is 6.10 Å². The summed E-state index contributed by atoms with van der Waals surface area (Å²) < 4.78 is 0. The summed E-state index contributed by atoms with van der Waals surface area (Å²) in [6, 6.07) is 10.5. The van der Waals surface area contributed by atoms with Crippen molar-refractivity contribution in [3.8, 4) is 0 Å². The highest BCUT2D eigenvalue weighted by Crippen LogP contribution is 2.22. The van der Waals surface area contributed by atoms with Crippen LogP contribution in [0.2, 0.25) is 0 Å². The fourth-order valence-corrected chi connectivity index (χ4v) is 1.96. The Kier molecular flexibility index (Phi) is 3.00. The van der Waals surface area contributed by atoms with Gasteiger partial charge < -0.3 is 5.11 Å². The van der Waals surface area contributed by atoms with Crippen LogP contribution < -0.4 is 0 Å². The predicted molar refractivity (Wildman–Crippen MR) is 58.0 cm³/mol. The molecule has 2 rings (SSSR count). The van der Waals surface area contributed by atoms with Crippen LogP contribution in [0.15, 0.2) is 42.5 Å². The molecule has 0 aromatic heterocycles. The van der Waals surface area contributed by atoms with Crippen molar-refractivity contribution in [2.24, 2.45) is 5.92 Å². The lowest BCUT2D eigenvalue weighted by molar-refractivity contribution is 0.139.